The lowest BCUT2D eigenvalue weighted by Gasteiger charge is -2.22. The number of ether oxygens (including phenoxy) is 1. The highest BCUT2D eigenvalue weighted by molar-refractivity contribution is 5.89. The molecular weight excluding hydrogens is 268 g/mol. The lowest BCUT2D eigenvalue weighted by atomic mass is 10.2. The van der Waals surface area contributed by atoms with Gasteiger partial charge in [-0.3, -0.25) is 4.98 Å². The highest BCUT2D eigenvalue weighted by atomic mass is 19.4. The number of aromatic nitrogens is 1. The third kappa shape index (κ3) is 3.60. The first-order valence-electron chi connectivity index (χ1n) is 4.37. The minimum absolute atomic E-state index is 0.455. The number of hydrogen-bond acceptors (Lipinski definition) is 3. The quantitative estimate of drug-likeness (QED) is 0.614. The maximum Gasteiger partial charge on any atom is 0.434 e. The number of carbonyl (C=O) groups is 1. The monoisotopic (exact) mass is 273 g/mol. The van der Waals surface area contributed by atoms with Crippen LogP contribution < -0.4 is 0 Å². The molecule has 0 aromatic carbocycles. The Hall–Kier alpha value is -1.80. The van der Waals surface area contributed by atoms with E-state index >= 15 is 0 Å². The van der Waals surface area contributed by atoms with Crippen LogP contribution in [0, 0.1) is 0 Å². The lowest BCUT2D eigenvalue weighted by Crippen LogP contribution is -2.45. The number of carbonyl (C=O) groups excluding carboxylic acids is 1. The Morgan fingerprint density at radius 3 is 1.89 bits per heavy atom. The normalized spacial score (nSPS) is 12.6. The Kier molecular flexibility index (Phi) is 3.82. The van der Waals surface area contributed by atoms with Gasteiger partial charge in [-0.15, -0.1) is 0 Å². The van der Waals surface area contributed by atoms with E-state index in [-0.39, 0.29) is 0 Å². The standard InChI is InChI=1S/C9H5F6NO2/c10-8(11,12)7(9(13,14)15)18-6(17)5-1-3-16-4-2-5/h1-4,7H. The molecule has 0 saturated heterocycles. The van der Waals surface area contributed by atoms with Crippen LogP contribution in [-0.2, 0) is 4.74 Å². The number of halogens is 6. The summed E-state index contributed by atoms with van der Waals surface area (Å²) < 4.78 is 75.9. The summed E-state index contributed by atoms with van der Waals surface area (Å²) in [6.07, 6.45) is -13.5. The second kappa shape index (κ2) is 4.83. The highest BCUT2D eigenvalue weighted by Gasteiger charge is 2.59. The molecule has 0 N–H and O–H groups in total. The Labute approximate surface area is 96.4 Å². The molecule has 0 amide bonds. The minimum atomic E-state index is -5.72. The van der Waals surface area contributed by atoms with Crippen LogP contribution in [0.1, 0.15) is 10.4 Å². The molecule has 0 saturated carbocycles. The number of hydrogen-bond donors (Lipinski definition) is 0. The van der Waals surface area contributed by atoms with Crippen LogP contribution in [0.4, 0.5) is 26.3 Å². The first kappa shape index (κ1) is 14.3. The van der Waals surface area contributed by atoms with E-state index in [0.29, 0.717) is 0 Å². The first-order valence-corrected chi connectivity index (χ1v) is 4.37. The van der Waals surface area contributed by atoms with Crippen molar-refractivity contribution in [2.75, 3.05) is 0 Å². The van der Waals surface area contributed by atoms with Gasteiger partial charge in [-0.25, -0.2) is 4.79 Å². The summed E-state index contributed by atoms with van der Waals surface area (Å²) >= 11 is 0. The minimum Gasteiger partial charge on any atom is -0.439 e. The van der Waals surface area contributed by atoms with Crippen molar-refractivity contribution >= 4 is 5.97 Å². The fourth-order valence-electron chi connectivity index (χ4n) is 0.982. The van der Waals surface area contributed by atoms with Crippen molar-refractivity contribution in [1.29, 1.82) is 0 Å². The topological polar surface area (TPSA) is 39.2 Å². The summed E-state index contributed by atoms with van der Waals surface area (Å²) in [7, 11) is 0. The van der Waals surface area contributed by atoms with Gasteiger partial charge < -0.3 is 4.74 Å². The van der Waals surface area contributed by atoms with E-state index in [9.17, 15) is 31.1 Å². The molecule has 0 radical (unpaired) electrons. The molecule has 9 heteroatoms. The number of esters is 1. The molecule has 0 aliphatic rings. The van der Waals surface area contributed by atoms with Crippen LogP contribution in [-0.4, -0.2) is 29.4 Å². The van der Waals surface area contributed by atoms with Crippen molar-refractivity contribution in [2.45, 2.75) is 18.5 Å². The van der Waals surface area contributed by atoms with Crippen molar-refractivity contribution < 1.29 is 35.9 Å². The van der Waals surface area contributed by atoms with Crippen molar-refractivity contribution in [3.8, 4) is 0 Å². The molecule has 100 valence electrons. The smallest absolute Gasteiger partial charge is 0.434 e. The first-order chi connectivity index (χ1) is 8.12. The molecule has 0 atom stereocenters. The van der Waals surface area contributed by atoms with Gasteiger partial charge in [-0.05, 0) is 12.1 Å². The second-order valence-corrected chi connectivity index (χ2v) is 3.10. The van der Waals surface area contributed by atoms with Crippen LogP contribution in [0.15, 0.2) is 24.5 Å². The summed E-state index contributed by atoms with van der Waals surface area (Å²) in [5, 5.41) is 0. The molecule has 0 aliphatic heterocycles. The molecular formula is C9H5F6NO2. The van der Waals surface area contributed by atoms with E-state index in [1.54, 1.807) is 0 Å². The molecule has 0 aliphatic carbocycles. The van der Waals surface area contributed by atoms with Gasteiger partial charge in [0.05, 0.1) is 5.56 Å². The van der Waals surface area contributed by atoms with E-state index in [1.807, 2.05) is 0 Å². The van der Waals surface area contributed by atoms with Crippen molar-refractivity contribution in [1.82, 2.24) is 4.98 Å². The molecule has 1 aromatic heterocycles. The van der Waals surface area contributed by atoms with Gasteiger partial charge in [0.2, 0.25) is 0 Å². The fourth-order valence-corrected chi connectivity index (χ4v) is 0.982. The van der Waals surface area contributed by atoms with Crippen LogP contribution in [0.3, 0.4) is 0 Å². The molecule has 18 heavy (non-hydrogen) atoms. The Morgan fingerprint density at radius 1 is 1.06 bits per heavy atom. The van der Waals surface area contributed by atoms with Gasteiger partial charge in [0, 0.05) is 12.4 Å². The highest BCUT2D eigenvalue weighted by Crippen LogP contribution is 2.36. The molecule has 1 heterocycles. The SMILES string of the molecule is O=C(OC(C(F)(F)F)C(F)(F)F)c1ccncc1. The third-order valence-corrected chi connectivity index (χ3v) is 1.74. The van der Waals surface area contributed by atoms with E-state index in [1.165, 1.54) is 0 Å². The van der Waals surface area contributed by atoms with E-state index < -0.39 is 30.0 Å². The summed E-state index contributed by atoms with van der Waals surface area (Å²) in [6.45, 7) is 0. The Bertz CT molecular complexity index is 399. The molecule has 1 aromatic rings. The largest absolute Gasteiger partial charge is 0.439 e. The van der Waals surface area contributed by atoms with Gasteiger partial charge in [-0.1, -0.05) is 0 Å². The number of alkyl halides is 6. The zero-order chi connectivity index (χ0) is 14.0. The number of nitrogens with zero attached hydrogens (tertiary/aromatic N) is 1. The fraction of sp³-hybridized carbons (Fsp3) is 0.333. The number of pyridine rings is 1. The molecule has 0 bridgehead atoms. The van der Waals surface area contributed by atoms with Crippen LogP contribution in [0.25, 0.3) is 0 Å². The van der Waals surface area contributed by atoms with Crippen molar-refractivity contribution in [2.24, 2.45) is 0 Å². The lowest BCUT2D eigenvalue weighted by molar-refractivity contribution is -0.307. The summed E-state index contributed by atoms with van der Waals surface area (Å²) in [5.74, 6) is -1.72. The predicted molar refractivity (Wildman–Crippen MR) is 45.6 cm³/mol. The van der Waals surface area contributed by atoms with Crippen LogP contribution in [0.5, 0.6) is 0 Å². The molecule has 0 spiro atoms. The van der Waals surface area contributed by atoms with Gasteiger partial charge in [0.1, 0.15) is 0 Å². The van der Waals surface area contributed by atoms with E-state index in [2.05, 4.69) is 9.72 Å². The van der Waals surface area contributed by atoms with E-state index in [0.717, 1.165) is 24.5 Å². The van der Waals surface area contributed by atoms with Gasteiger partial charge in [0.15, 0.2) is 0 Å². The zero-order valence-corrected chi connectivity index (χ0v) is 8.42. The van der Waals surface area contributed by atoms with Gasteiger partial charge >= 0.3 is 18.3 Å². The maximum atomic E-state index is 12.1. The Morgan fingerprint density at radius 2 is 1.50 bits per heavy atom. The summed E-state index contributed by atoms with van der Waals surface area (Å²) in [5.41, 5.74) is -0.455. The average molecular weight is 273 g/mol. The second-order valence-electron chi connectivity index (χ2n) is 3.10. The van der Waals surface area contributed by atoms with Crippen LogP contribution >= 0.6 is 0 Å². The summed E-state index contributed by atoms with van der Waals surface area (Å²) in [6, 6.07) is 1.87. The maximum absolute atomic E-state index is 12.1. The van der Waals surface area contributed by atoms with Gasteiger partial charge in [-0.2, -0.15) is 26.3 Å². The van der Waals surface area contributed by atoms with Gasteiger partial charge in [0.25, 0.3) is 6.10 Å². The molecule has 0 unspecified atom stereocenters. The van der Waals surface area contributed by atoms with Crippen molar-refractivity contribution in [3.05, 3.63) is 30.1 Å². The summed E-state index contributed by atoms with van der Waals surface area (Å²) in [4.78, 5) is 14.6. The third-order valence-electron chi connectivity index (χ3n) is 1.74. The predicted octanol–water partition coefficient (Wildman–Crippen LogP) is 2.73. The molecule has 1 rings (SSSR count). The van der Waals surface area contributed by atoms with E-state index in [4.69, 9.17) is 0 Å². The molecule has 3 nitrogen and oxygen atoms in total. The molecule has 0 fully saturated rings. The van der Waals surface area contributed by atoms with Crippen LogP contribution in [0.2, 0.25) is 0 Å². The zero-order valence-electron chi connectivity index (χ0n) is 8.42. The van der Waals surface area contributed by atoms with Crippen molar-refractivity contribution in [3.63, 3.8) is 0 Å². The average Bonchev–Trinajstić information content (AvgIpc) is 2.23. The number of rotatable bonds is 2. The Balaban J connectivity index is 2.90.